The highest BCUT2D eigenvalue weighted by Crippen LogP contribution is 2.23. The first kappa shape index (κ1) is 11.6. The Morgan fingerprint density at radius 1 is 1.41 bits per heavy atom. The third-order valence-corrected chi connectivity index (χ3v) is 3.30. The Hall–Kier alpha value is -1.93. The number of nitriles is 1. The van der Waals surface area contributed by atoms with Crippen LogP contribution in [0.4, 0.5) is 5.00 Å². The van der Waals surface area contributed by atoms with E-state index in [4.69, 9.17) is 5.26 Å². The second kappa shape index (κ2) is 4.93. The van der Waals surface area contributed by atoms with E-state index in [0.717, 1.165) is 22.0 Å². The number of aryl methyl sites for hydroxylation is 2. The first-order valence-corrected chi connectivity index (χ1v) is 6.00. The molecule has 2 aromatic rings. The highest BCUT2D eigenvalue weighted by atomic mass is 32.1. The predicted molar refractivity (Wildman–Crippen MR) is 67.9 cm³/mol. The minimum absolute atomic E-state index is 0.634. The molecule has 1 N–H and O–H groups in total. The minimum Gasteiger partial charge on any atom is -0.370 e. The van der Waals surface area contributed by atoms with Crippen LogP contribution in [-0.2, 0) is 6.54 Å². The van der Waals surface area contributed by atoms with Crippen molar-refractivity contribution in [3.05, 3.63) is 40.8 Å². The van der Waals surface area contributed by atoms with Crippen LogP contribution in [0.15, 0.2) is 18.3 Å². The van der Waals surface area contributed by atoms with Crippen molar-refractivity contribution in [3.63, 3.8) is 0 Å². The standard InChI is InChI=1S/C12H12N4S/c1-8-3-4-10(6-14-8)7-15-12-11(5-13)9(2)16-17-12/h3-4,6,15H,7H2,1-2H3. The van der Waals surface area contributed by atoms with E-state index in [9.17, 15) is 0 Å². The van der Waals surface area contributed by atoms with Crippen LogP contribution < -0.4 is 5.32 Å². The van der Waals surface area contributed by atoms with E-state index in [2.05, 4.69) is 20.7 Å². The predicted octanol–water partition coefficient (Wildman–Crippen LogP) is 2.64. The molecule has 0 unspecified atom stereocenters. The van der Waals surface area contributed by atoms with Gasteiger partial charge >= 0.3 is 0 Å². The van der Waals surface area contributed by atoms with Crippen molar-refractivity contribution in [1.29, 1.82) is 5.26 Å². The maximum absolute atomic E-state index is 8.99. The number of nitrogens with one attached hydrogen (secondary N) is 1. The van der Waals surface area contributed by atoms with Gasteiger partial charge < -0.3 is 5.32 Å². The Morgan fingerprint density at radius 3 is 2.88 bits per heavy atom. The lowest BCUT2D eigenvalue weighted by atomic mass is 10.2. The fraction of sp³-hybridized carbons (Fsp3) is 0.250. The molecule has 2 rings (SSSR count). The number of aromatic nitrogens is 2. The summed E-state index contributed by atoms with van der Waals surface area (Å²) in [6.07, 6.45) is 1.84. The van der Waals surface area contributed by atoms with Crippen LogP contribution in [0.3, 0.4) is 0 Å². The fourth-order valence-electron chi connectivity index (χ4n) is 1.41. The Kier molecular flexibility index (Phi) is 3.35. The molecular weight excluding hydrogens is 232 g/mol. The summed E-state index contributed by atoms with van der Waals surface area (Å²) < 4.78 is 4.15. The van der Waals surface area contributed by atoms with Crippen molar-refractivity contribution in [3.8, 4) is 6.07 Å². The summed E-state index contributed by atoms with van der Waals surface area (Å²) in [7, 11) is 0. The molecule has 86 valence electrons. The monoisotopic (exact) mass is 244 g/mol. The molecule has 0 saturated carbocycles. The van der Waals surface area contributed by atoms with Crippen molar-refractivity contribution in [1.82, 2.24) is 9.36 Å². The van der Waals surface area contributed by atoms with E-state index >= 15 is 0 Å². The van der Waals surface area contributed by atoms with Gasteiger partial charge in [-0.05, 0) is 37.0 Å². The van der Waals surface area contributed by atoms with Crippen LogP contribution in [0.1, 0.15) is 22.5 Å². The number of rotatable bonds is 3. The lowest BCUT2D eigenvalue weighted by Gasteiger charge is -2.03. The van der Waals surface area contributed by atoms with Gasteiger partial charge in [0.1, 0.15) is 16.6 Å². The fourth-order valence-corrected chi connectivity index (χ4v) is 2.15. The van der Waals surface area contributed by atoms with Gasteiger partial charge in [-0.15, -0.1) is 0 Å². The molecule has 0 aromatic carbocycles. The quantitative estimate of drug-likeness (QED) is 0.901. The Bertz CT molecular complexity index is 551. The summed E-state index contributed by atoms with van der Waals surface area (Å²) in [6, 6.07) is 6.15. The third-order valence-electron chi connectivity index (χ3n) is 2.40. The van der Waals surface area contributed by atoms with Gasteiger partial charge in [0.05, 0.1) is 5.69 Å². The molecule has 2 heterocycles. The summed E-state index contributed by atoms with van der Waals surface area (Å²) in [4.78, 5) is 4.22. The van der Waals surface area contributed by atoms with Gasteiger partial charge in [-0.25, -0.2) is 0 Å². The van der Waals surface area contributed by atoms with Crippen molar-refractivity contribution >= 4 is 16.5 Å². The van der Waals surface area contributed by atoms with Gasteiger partial charge in [-0.2, -0.15) is 9.64 Å². The SMILES string of the molecule is Cc1ccc(CNc2snc(C)c2C#N)cn1. The average Bonchev–Trinajstić information content (AvgIpc) is 2.69. The van der Waals surface area contributed by atoms with E-state index in [1.807, 2.05) is 32.2 Å². The van der Waals surface area contributed by atoms with Gasteiger partial charge in [0, 0.05) is 18.4 Å². The molecule has 0 aliphatic rings. The van der Waals surface area contributed by atoms with Crippen LogP contribution >= 0.6 is 11.5 Å². The normalized spacial score (nSPS) is 9.94. The summed E-state index contributed by atoms with van der Waals surface area (Å²) in [6.45, 7) is 4.45. The van der Waals surface area contributed by atoms with Crippen LogP contribution in [0, 0.1) is 25.2 Å². The van der Waals surface area contributed by atoms with E-state index in [1.54, 1.807) is 0 Å². The maximum Gasteiger partial charge on any atom is 0.127 e. The highest BCUT2D eigenvalue weighted by Gasteiger charge is 2.09. The van der Waals surface area contributed by atoms with E-state index in [-0.39, 0.29) is 0 Å². The van der Waals surface area contributed by atoms with Crippen molar-refractivity contribution in [2.24, 2.45) is 0 Å². The molecule has 0 aliphatic heterocycles. The average molecular weight is 244 g/mol. The number of hydrogen-bond donors (Lipinski definition) is 1. The van der Waals surface area contributed by atoms with E-state index < -0.39 is 0 Å². The van der Waals surface area contributed by atoms with E-state index in [0.29, 0.717) is 12.1 Å². The summed E-state index contributed by atoms with van der Waals surface area (Å²) in [5.41, 5.74) is 3.50. The summed E-state index contributed by atoms with van der Waals surface area (Å²) >= 11 is 1.32. The molecule has 0 aliphatic carbocycles. The molecule has 0 bridgehead atoms. The maximum atomic E-state index is 8.99. The van der Waals surface area contributed by atoms with Crippen LogP contribution in [0.25, 0.3) is 0 Å². The zero-order chi connectivity index (χ0) is 12.3. The lowest BCUT2D eigenvalue weighted by molar-refractivity contribution is 1.09. The Balaban J connectivity index is 2.08. The molecule has 0 saturated heterocycles. The van der Waals surface area contributed by atoms with Crippen molar-refractivity contribution < 1.29 is 0 Å². The second-order valence-corrected chi connectivity index (χ2v) is 4.52. The van der Waals surface area contributed by atoms with Gasteiger partial charge in [-0.3, -0.25) is 4.98 Å². The van der Waals surface area contributed by atoms with Crippen LogP contribution in [0.2, 0.25) is 0 Å². The van der Waals surface area contributed by atoms with Crippen LogP contribution in [-0.4, -0.2) is 9.36 Å². The summed E-state index contributed by atoms with van der Waals surface area (Å²) in [5, 5.41) is 13.0. The Labute approximate surface area is 104 Å². The second-order valence-electron chi connectivity index (χ2n) is 3.75. The van der Waals surface area contributed by atoms with E-state index in [1.165, 1.54) is 11.5 Å². The number of anilines is 1. The highest BCUT2D eigenvalue weighted by molar-refractivity contribution is 7.10. The number of hydrogen-bond acceptors (Lipinski definition) is 5. The van der Waals surface area contributed by atoms with Gasteiger partial charge in [0.25, 0.3) is 0 Å². The molecule has 17 heavy (non-hydrogen) atoms. The molecule has 0 atom stereocenters. The largest absolute Gasteiger partial charge is 0.370 e. The first-order chi connectivity index (χ1) is 8.20. The molecule has 4 nitrogen and oxygen atoms in total. The third kappa shape index (κ3) is 2.60. The number of nitrogens with zero attached hydrogens (tertiary/aromatic N) is 3. The van der Waals surface area contributed by atoms with Gasteiger partial charge in [0.15, 0.2) is 0 Å². The van der Waals surface area contributed by atoms with Gasteiger partial charge in [0.2, 0.25) is 0 Å². The smallest absolute Gasteiger partial charge is 0.127 e. The lowest BCUT2D eigenvalue weighted by Crippen LogP contribution is -2.00. The van der Waals surface area contributed by atoms with Gasteiger partial charge in [-0.1, -0.05) is 6.07 Å². The molecule has 5 heteroatoms. The summed E-state index contributed by atoms with van der Waals surface area (Å²) in [5.74, 6) is 0. The topological polar surface area (TPSA) is 61.6 Å². The molecule has 0 fully saturated rings. The zero-order valence-electron chi connectivity index (χ0n) is 9.69. The van der Waals surface area contributed by atoms with Crippen molar-refractivity contribution in [2.45, 2.75) is 20.4 Å². The Morgan fingerprint density at radius 2 is 2.24 bits per heavy atom. The minimum atomic E-state index is 0.634. The van der Waals surface area contributed by atoms with Crippen LogP contribution in [0.5, 0.6) is 0 Å². The molecule has 2 aromatic heterocycles. The van der Waals surface area contributed by atoms with Crippen molar-refractivity contribution in [2.75, 3.05) is 5.32 Å². The molecule has 0 amide bonds. The first-order valence-electron chi connectivity index (χ1n) is 5.22. The number of pyridine rings is 1. The molecule has 0 radical (unpaired) electrons. The molecule has 0 spiro atoms. The zero-order valence-corrected chi connectivity index (χ0v) is 10.5. The molecular formula is C12H12N4S.